The van der Waals surface area contributed by atoms with Crippen LogP contribution in [0.4, 0.5) is 0 Å². The summed E-state index contributed by atoms with van der Waals surface area (Å²) in [5, 5.41) is 0. The molecule has 6 rings (SSSR count). The Kier molecular flexibility index (Phi) is 18.3. The molecule has 0 radical (unpaired) electrons. The Labute approximate surface area is 371 Å². The molecular formula is C58H81Br. The number of fused-ring (bicyclic) bond motifs is 6. The van der Waals surface area contributed by atoms with Crippen molar-refractivity contribution in [1.29, 1.82) is 0 Å². The van der Waals surface area contributed by atoms with Crippen LogP contribution >= 0.6 is 15.9 Å². The first-order valence-corrected chi connectivity index (χ1v) is 26.0. The molecule has 4 aromatic rings. The summed E-state index contributed by atoms with van der Waals surface area (Å²) in [6.45, 7) is 9.34. The molecule has 1 heteroatoms. The highest BCUT2D eigenvalue weighted by Crippen LogP contribution is 2.57. The zero-order chi connectivity index (χ0) is 41.3. The van der Waals surface area contributed by atoms with Gasteiger partial charge < -0.3 is 0 Å². The summed E-state index contributed by atoms with van der Waals surface area (Å²) in [4.78, 5) is 0. The number of rotatable bonds is 29. The molecule has 2 aliphatic rings. The van der Waals surface area contributed by atoms with Gasteiger partial charge in [-0.05, 0) is 106 Å². The largest absolute Gasteiger partial charge is 0.0654 e. The molecule has 0 aliphatic heterocycles. The maximum atomic E-state index is 3.95. The molecule has 0 spiro atoms. The predicted molar refractivity (Wildman–Crippen MR) is 264 cm³/mol. The second-order valence-corrected chi connectivity index (χ2v) is 19.9. The van der Waals surface area contributed by atoms with Gasteiger partial charge in [-0.3, -0.25) is 0 Å². The molecule has 2 aliphatic carbocycles. The van der Waals surface area contributed by atoms with Crippen LogP contribution < -0.4 is 0 Å². The normalized spacial score (nSPS) is 14.3. The van der Waals surface area contributed by atoms with Gasteiger partial charge in [-0.1, -0.05) is 252 Å². The lowest BCUT2D eigenvalue weighted by molar-refractivity contribution is 0.397. The van der Waals surface area contributed by atoms with Crippen LogP contribution in [-0.4, -0.2) is 0 Å². The lowest BCUT2D eigenvalue weighted by Gasteiger charge is -2.34. The SMILES string of the molecule is CCCCCCCCC1(CCCCCCCC)c2ccccc2-c2ccc(-c3ccc4c(c3)C(CCCCCCCC)(CCCCCCCC)c3cc(Br)ccc3-4)cc21. The summed E-state index contributed by atoms with van der Waals surface area (Å²) >= 11 is 3.95. The second kappa shape index (κ2) is 23.5. The van der Waals surface area contributed by atoms with Crippen molar-refractivity contribution in [3.8, 4) is 33.4 Å². The van der Waals surface area contributed by atoms with E-state index in [0.717, 1.165) is 0 Å². The lowest BCUT2D eigenvalue weighted by Crippen LogP contribution is -2.26. The minimum absolute atomic E-state index is 0.0756. The molecule has 0 saturated carbocycles. The Morgan fingerprint density at radius 2 is 0.644 bits per heavy atom. The van der Waals surface area contributed by atoms with E-state index in [2.05, 4.69) is 122 Å². The van der Waals surface area contributed by atoms with E-state index in [1.165, 1.54) is 218 Å². The molecule has 59 heavy (non-hydrogen) atoms. The van der Waals surface area contributed by atoms with Crippen LogP contribution in [0.25, 0.3) is 33.4 Å². The van der Waals surface area contributed by atoms with Crippen molar-refractivity contribution in [2.24, 2.45) is 0 Å². The van der Waals surface area contributed by atoms with Gasteiger partial charge in [-0.2, -0.15) is 0 Å². The van der Waals surface area contributed by atoms with E-state index < -0.39 is 0 Å². The van der Waals surface area contributed by atoms with E-state index in [1.807, 2.05) is 0 Å². The highest BCUT2D eigenvalue weighted by atomic mass is 79.9. The Morgan fingerprint density at radius 3 is 1.07 bits per heavy atom. The van der Waals surface area contributed by atoms with Gasteiger partial charge in [0, 0.05) is 15.3 Å². The monoisotopic (exact) mass is 857 g/mol. The maximum Gasteiger partial charge on any atom is 0.0215 e. The minimum atomic E-state index is 0.0756. The van der Waals surface area contributed by atoms with Gasteiger partial charge in [0.05, 0.1) is 0 Å². The molecule has 320 valence electrons. The molecule has 0 fully saturated rings. The summed E-state index contributed by atoms with van der Waals surface area (Å²) in [6, 6.07) is 32.1. The average molecular weight is 858 g/mol. The molecule has 0 atom stereocenters. The Bertz CT molecular complexity index is 1830. The van der Waals surface area contributed by atoms with Crippen molar-refractivity contribution in [3.63, 3.8) is 0 Å². The van der Waals surface area contributed by atoms with E-state index in [-0.39, 0.29) is 10.8 Å². The molecule has 0 unspecified atom stereocenters. The van der Waals surface area contributed by atoms with Crippen molar-refractivity contribution < 1.29 is 0 Å². The summed E-state index contributed by atoms with van der Waals surface area (Å²) in [7, 11) is 0. The molecular weight excluding hydrogens is 777 g/mol. The summed E-state index contributed by atoms with van der Waals surface area (Å²) in [6.07, 6.45) is 37.5. The van der Waals surface area contributed by atoms with Gasteiger partial charge in [0.25, 0.3) is 0 Å². The Morgan fingerprint density at radius 1 is 0.322 bits per heavy atom. The number of halogens is 1. The van der Waals surface area contributed by atoms with Crippen molar-refractivity contribution in [2.45, 2.75) is 218 Å². The number of unbranched alkanes of at least 4 members (excludes halogenated alkanes) is 20. The first kappa shape index (κ1) is 45.9. The zero-order valence-electron chi connectivity index (χ0n) is 38.2. The number of hydrogen-bond donors (Lipinski definition) is 0. The number of hydrogen-bond acceptors (Lipinski definition) is 0. The van der Waals surface area contributed by atoms with Crippen molar-refractivity contribution >= 4 is 15.9 Å². The fraction of sp³-hybridized carbons (Fsp3) is 0.586. The van der Waals surface area contributed by atoms with E-state index >= 15 is 0 Å². The third kappa shape index (κ3) is 11.1. The van der Waals surface area contributed by atoms with Gasteiger partial charge in [-0.25, -0.2) is 0 Å². The molecule has 0 N–H and O–H groups in total. The third-order valence-electron chi connectivity index (χ3n) is 14.8. The topological polar surface area (TPSA) is 0 Å². The highest BCUT2D eigenvalue weighted by Gasteiger charge is 2.44. The van der Waals surface area contributed by atoms with E-state index in [0.29, 0.717) is 0 Å². The van der Waals surface area contributed by atoms with E-state index in [1.54, 1.807) is 22.3 Å². The Balaban J connectivity index is 1.38. The van der Waals surface area contributed by atoms with E-state index in [4.69, 9.17) is 0 Å². The molecule has 0 nitrogen and oxygen atoms in total. The van der Waals surface area contributed by atoms with Gasteiger partial charge in [-0.15, -0.1) is 0 Å². The van der Waals surface area contributed by atoms with Gasteiger partial charge in [0.15, 0.2) is 0 Å². The van der Waals surface area contributed by atoms with Crippen molar-refractivity contribution in [2.75, 3.05) is 0 Å². The quantitative estimate of drug-likeness (QED) is 0.0477. The first-order chi connectivity index (χ1) is 29.0. The van der Waals surface area contributed by atoms with E-state index in [9.17, 15) is 0 Å². The van der Waals surface area contributed by atoms with Crippen LogP contribution in [0, 0.1) is 0 Å². The third-order valence-corrected chi connectivity index (χ3v) is 15.2. The Hall–Kier alpha value is -2.64. The second-order valence-electron chi connectivity index (χ2n) is 19.0. The highest BCUT2D eigenvalue weighted by molar-refractivity contribution is 9.10. The molecule has 4 aromatic carbocycles. The smallest absolute Gasteiger partial charge is 0.0215 e. The zero-order valence-corrected chi connectivity index (χ0v) is 39.8. The van der Waals surface area contributed by atoms with Crippen LogP contribution in [0.5, 0.6) is 0 Å². The summed E-state index contributed by atoms with van der Waals surface area (Å²) in [5.41, 5.74) is 15.4. The van der Waals surface area contributed by atoms with Crippen LogP contribution in [0.15, 0.2) is 83.3 Å². The fourth-order valence-electron chi connectivity index (χ4n) is 11.4. The molecule has 0 heterocycles. The van der Waals surface area contributed by atoms with Crippen LogP contribution in [-0.2, 0) is 10.8 Å². The van der Waals surface area contributed by atoms with Gasteiger partial charge in [0.1, 0.15) is 0 Å². The minimum Gasteiger partial charge on any atom is -0.0654 e. The van der Waals surface area contributed by atoms with Crippen molar-refractivity contribution in [3.05, 3.63) is 106 Å². The molecule has 0 amide bonds. The standard InChI is InChI=1S/C58H81Br/c1-5-9-13-17-21-27-39-57(40-28-22-18-14-10-6-2)53-32-26-25-31-49(53)50-36-33-46(43-54(50)57)47-34-37-51-52-38-35-48(59)45-56(52)58(55(51)44-47,41-29-23-19-15-11-7-3)42-30-24-20-16-12-8-4/h25-26,31-38,43-45H,5-24,27-30,39-42H2,1-4H3. The summed E-state index contributed by atoms with van der Waals surface area (Å²) < 4.78 is 1.23. The van der Waals surface area contributed by atoms with Crippen LogP contribution in [0.3, 0.4) is 0 Å². The molecule has 0 aromatic heterocycles. The average Bonchev–Trinajstić information content (AvgIpc) is 3.68. The van der Waals surface area contributed by atoms with Crippen molar-refractivity contribution in [1.82, 2.24) is 0 Å². The maximum absolute atomic E-state index is 3.95. The summed E-state index contributed by atoms with van der Waals surface area (Å²) in [5.74, 6) is 0. The van der Waals surface area contributed by atoms with Gasteiger partial charge in [0.2, 0.25) is 0 Å². The molecule has 0 bridgehead atoms. The predicted octanol–water partition coefficient (Wildman–Crippen LogP) is 19.7. The molecule has 0 saturated heterocycles. The first-order valence-electron chi connectivity index (χ1n) is 25.2. The number of benzene rings is 4. The fourth-order valence-corrected chi connectivity index (χ4v) is 11.8. The van der Waals surface area contributed by atoms with Crippen LogP contribution in [0.2, 0.25) is 0 Å². The lowest BCUT2D eigenvalue weighted by atomic mass is 9.69. The van der Waals surface area contributed by atoms with Gasteiger partial charge >= 0.3 is 0 Å². The van der Waals surface area contributed by atoms with Crippen LogP contribution in [0.1, 0.15) is 230 Å².